The van der Waals surface area contributed by atoms with Crippen LogP contribution in [0, 0.1) is 11.8 Å². The van der Waals surface area contributed by atoms with Crippen LogP contribution in [0.4, 0.5) is 4.79 Å². The predicted molar refractivity (Wildman–Crippen MR) is 103 cm³/mol. The number of hydrogen-bond acceptors (Lipinski definition) is 6. The lowest BCUT2D eigenvalue weighted by Crippen LogP contribution is -2.41. The second-order valence-corrected chi connectivity index (χ2v) is 9.05. The number of aromatic nitrogens is 1. The molecule has 27 heavy (non-hydrogen) atoms. The van der Waals surface area contributed by atoms with E-state index in [1.54, 1.807) is 20.8 Å². The SMILES string of the molecule is CC(C)(C)OC(=O)N1C(=O)[C@H]2CNC[C@H]2C1c1ncc(-c2ccccc2)s1. The van der Waals surface area contributed by atoms with Crippen molar-refractivity contribution < 1.29 is 14.3 Å². The molecule has 0 radical (unpaired) electrons. The van der Waals surface area contributed by atoms with E-state index in [2.05, 4.69) is 10.3 Å². The number of likely N-dealkylation sites (tertiary alicyclic amines) is 1. The Kier molecular flexibility index (Phi) is 4.52. The molecule has 1 aromatic heterocycles. The third-order valence-electron chi connectivity index (χ3n) is 4.92. The lowest BCUT2D eigenvalue weighted by molar-refractivity contribution is -0.131. The Hall–Kier alpha value is -2.25. The number of carbonyl (C=O) groups excluding carboxylic acids is 2. The molecular weight excluding hydrogens is 362 g/mol. The molecule has 2 aromatic rings. The number of hydrogen-bond donors (Lipinski definition) is 1. The average molecular weight is 385 g/mol. The standard InChI is InChI=1S/C20H23N3O3S/c1-20(2,3)26-19(25)23-16(13-9-21-10-14(13)18(23)24)17-22-11-15(27-17)12-7-5-4-6-8-12/h4-8,11,13-14,16,21H,9-10H2,1-3H3/t13-,14+,16?/m1/s1. The Bertz CT molecular complexity index is 859. The first-order chi connectivity index (χ1) is 12.8. The van der Waals surface area contributed by atoms with E-state index in [4.69, 9.17) is 4.74 Å². The van der Waals surface area contributed by atoms with E-state index < -0.39 is 11.7 Å². The van der Waals surface area contributed by atoms with Crippen molar-refractivity contribution in [2.75, 3.05) is 13.1 Å². The van der Waals surface area contributed by atoms with Gasteiger partial charge < -0.3 is 10.1 Å². The molecule has 2 amide bonds. The second-order valence-electron chi connectivity index (χ2n) is 7.99. The first-order valence-corrected chi connectivity index (χ1v) is 9.95. The van der Waals surface area contributed by atoms with E-state index >= 15 is 0 Å². The molecule has 6 nitrogen and oxygen atoms in total. The smallest absolute Gasteiger partial charge is 0.417 e. The summed E-state index contributed by atoms with van der Waals surface area (Å²) in [6.45, 7) is 6.70. The fourth-order valence-corrected chi connectivity index (χ4v) is 4.87. The Labute approximate surface area is 162 Å². The number of carbonyl (C=O) groups is 2. The lowest BCUT2D eigenvalue weighted by Gasteiger charge is -2.28. The molecular formula is C20H23N3O3S. The molecule has 2 fully saturated rings. The minimum Gasteiger partial charge on any atom is -0.443 e. The number of nitrogens with zero attached hydrogens (tertiary/aromatic N) is 2. The number of imide groups is 1. The van der Waals surface area contributed by atoms with Gasteiger partial charge in [0.1, 0.15) is 10.6 Å². The lowest BCUT2D eigenvalue weighted by atomic mass is 9.94. The monoisotopic (exact) mass is 385 g/mol. The van der Waals surface area contributed by atoms with E-state index in [0.29, 0.717) is 13.1 Å². The van der Waals surface area contributed by atoms with Crippen LogP contribution in [-0.2, 0) is 9.53 Å². The minimum absolute atomic E-state index is 0.0276. The van der Waals surface area contributed by atoms with Gasteiger partial charge in [-0.2, -0.15) is 0 Å². The summed E-state index contributed by atoms with van der Waals surface area (Å²) in [5.74, 6) is -0.341. The molecule has 0 bridgehead atoms. The molecule has 7 heteroatoms. The topological polar surface area (TPSA) is 71.5 Å². The van der Waals surface area contributed by atoms with Gasteiger partial charge in [0.15, 0.2) is 0 Å². The number of rotatable bonds is 2. The van der Waals surface area contributed by atoms with Gasteiger partial charge in [0.05, 0.1) is 16.8 Å². The molecule has 142 valence electrons. The van der Waals surface area contributed by atoms with E-state index in [1.807, 2.05) is 36.5 Å². The van der Waals surface area contributed by atoms with Gasteiger partial charge in [-0.3, -0.25) is 4.79 Å². The Morgan fingerprint density at radius 3 is 2.70 bits per heavy atom. The molecule has 1 unspecified atom stereocenters. The van der Waals surface area contributed by atoms with Crippen molar-refractivity contribution in [2.24, 2.45) is 11.8 Å². The zero-order valence-corrected chi connectivity index (χ0v) is 16.5. The van der Waals surface area contributed by atoms with E-state index in [1.165, 1.54) is 16.2 Å². The average Bonchev–Trinajstić information content (AvgIpc) is 3.31. The van der Waals surface area contributed by atoms with Gasteiger partial charge in [0.2, 0.25) is 5.91 Å². The number of thiazole rings is 1. The Morgan fingerprint density at radius 1 is 1.26 bits per heavy atom. The first kappa shape index (κ1) is 18.1. The van der Waals surface area contributed by atoms with Crippen LogP contribution in [0.3, 0.4) is 0 Å². The van der Waals surface area contributed by atoms with Gasteiger partial charge in [-0.1, -0.05) is 30.3 Å². The van der Waals surface area contributed by atoms with Crippen LogP contribution in [0.15, 0.2) is 36.5 Å². The fourth-order valence-electron chi connectivity index (χ4n) is 3.78. The van der Waals surface area contributed by atoms with Crippen molar-refractivity contribution in [1.29, 1.82) is 0 Å². The summed E-state index contributed by atoms with van der Waals surface area (Å²) in [4.78, 5) is 32.7. The van der Waals surface area contributed by atoms with Gasteiger partial charge >= 0.3 is 6.09 Å². The summed E-state index contributed by atoms with van der Waals surface area (Å²) in [5.41, 5.74) is 0.422. The molecule has 2 aliphatic rings. The van der Waals surface area contributed by atoms with Crippen LogP contribution in [0.1, 0.15) is 31.8 Å². The van der Waals surface area contributed by atoms with Crippen LogP contribution in [0.25, 0.3) is 10.4 Å². The van der Waals surface area contributed by atoms with Crippen LogP contribution >= 0.6 is 11.3 Å². The highest BCUT2D eigenvalue weighted by atomic mass is 32.1. The third kappa shape index (κ3) is 3.37. The van der Waals surface area contributed by atoms with Crippen molar-refractivity contribution in [2.45, 2.75) is 32.4 Å². The first-order valence-electron chi connectivity index (χ1n) is 9.13. The van der Waals surface area contributed by atoms with Crippen LogP contribution < -0.4 is 5.32 Å². The zero-order chi connectivity index (χ0) is 19.2. The molecule has 1 N–H and O–H groups in total. The van der Waals surface area contributed by atoms with E-state index in [0.717, 1.165) is 15.4 Å². The van der Waals surface area contributed by atoms with Gasteiger partial charge in [-0.15, -0.1) is 11.3 Å². The summed E-state index contributed by atoms with van der Waals surface area (Å²) in [6, 6.07) is 9.62. The molecule has 3 atom stereocenters. The highest BCUT2D eigenvalue weighted by Crippen LogP contribution is 2.46. The largest absolute Gasteiger partial charge is 0.443 e. The summed E-state index contributed by atoms with van der Waals surface area (Å²) in [6.07, 6.45) is 1.24. The fraction of sp³-hybridized carbons (Fsp3) is 0.450. The van der Waals surface area contributed by atoms with Crippen molar-refractivity contribution in [1.82, 2.24) is 15.2 Å². The minimum atomic E-state index is -0.657. The number of nitrogens with one attached hydrogen (secondary N) is 1. The number of ether oxygens (including phenoxy) is 1. The normalized spacial score (nSPS) is 24.9. The summed E-state index contributed by atoms with van der Waals surface area (Å²) < 4.78 is 5.52. The molecule has 0 spiro atoms. The number of amides is 2. The molecule has 2 aliphatic heterocycles. The van der Waals surface area contributed by atoms with Crippen molar-refractivity contribution in [3.8, 4) is 10.4 Å². The van der Waals surface area contributed by atoms with Gasteiger partial charge in [-0.25, -0.2) is 14.7 Å². The van der Waals surface area contributed by atoms with Crippen molar-refractivity contribution in [3.05, 3.63) is 41.5 Å². The van der Waals surface area contributed by atoms with Crippen LogP contribution in [0.2, 0.25) is 0 Å². The number of benzene rings is 1. The van der Waals surface area contributed by atoms with E-state index in [9.17, 15) is 9.59 Å². The molecule has 3 heterocycles. The maximum Gasteiger partial charge on any atom is 0.417 e. The molecule has 1 aromatic carbocycles. The molecule has 0 aliphatic carbocycles. The molecule has 2 saturated heterocycles. The van der Waals surface area contributed by atoms with Crippen LogP contribution in [-0.4, -0.2) is 40.6 Å². The quantitative estimate of drug-likeness (QED) is 0.857. The Balaban J connectivity index is 1.69. The third-order valence-corrected chi connectivity index (χ3v) is 6.04. The van der Waals surface area contributed by atoms with Crippen molar-refractivity contribution in [3.63, 3.8) is 0 Å². The highest BCUT2D eigenvalue weighted by Gasteiger charge is 2.55. The predicted octanol–water partition coefficient (Wildman–Crippen LogP) is 3.46. The second kappa shape index (κ2) is 6.73. The van der Waals surface area contributed by atoms with Gasteiger partial charge in [0, 0.05) is 25.2 Å². The molecule has 4 rings (SSSR count). The summed E-state index contributed by atoms with van der Waals surface area (Å²) in [5, 5.41) is 4.06. The van der Waals surface area contributed by atoms with Gasteiger partial charge in [-0.05, 0) is 26.3 Å². The number of fused-ring (bicyclic) bond motifs is 1. The zero-order valence-electron chi connectivity index (χ0n) is 15.6. The maximum absolute atomic E-state index is 12.9. The Morgan fingerprint density at radius 2 is 2.00 bits per heavy atom. The van der Waals surface area contributed by atoms with E-state index in [-0.39, 0.29) is 23.8 Å². The highest BCUT2D eigenvalue weighted by molar-refractivity contribution is 7.15. The molecule has 0 saturated carbocycles. The maximum atomic E-state index is 12.9. The van der Waals surface area contributed by atoms with Crippen LogP contribution in [0.5, 0.6) is 0 Å². The van der Waals surface area contributed by atoms with Gasteiger partial charge in [0.25, 0.3) is 0 Å². The summed E-state index contributed by atoms with van der Waals surface area (Å²) >= 11 is 1.53. The van der Waals surface area contributed by atoms with Crippen molar-refractivity contribution >= 4 is 23.3 Å². The summed E-state index contributed by atoms with van der Waals surface area (Å²) in [7, 11) is 0.